The minimum Gasteiger partial charge on any atom is -0.309 e. The lowest BCUT2D eigenvalue weighted by atomic mass is 10.2. The zero-order valence-electron chi connectivity index (χ0n) is 34.8. The quantitative estimate of drug-likeness (QED) is 0.156. The van der Waals surface area contributed by atoms with Gasteiger partial charge in [-0.25, -0.2) is 18.4 Å². The molecule has 0 aliphatic carbocycles. The molecule has 0 amide bonds. The highest BCUT2D eigenvalue weighted by Crippen LogP contribution is 2.43. The van der Waals surface area contributed by atoms with Gasteiger partial charge in [0.05, 0.1) is 27.8 Å². The molecule has 64 heavy (non-hydrogen) atoms. The van der Waals surface area contributed by atoms with Gasteiger partial charge in [-0.3, -0.25) is 9.13 Å². The van der Waals surface area contributed by atoms with Crippen molar-refractivity contribution in [3.8, 4) is 5.69 Å². The van der Waals surface area contributed by atoms with Crippen LogP contribution < -0.4 is 43.2 Å². The number of hydrogen-bond donors (Lipinski definition) is 2. The molecule has 2 heterocycles. The molecule has 10 rings (SSSR count). The van der Waals surface area contributed by atoms with E-state index >= 15 is 0 Å². The summed E-state index contributed by atoms with van der Waals surface area (Å²) in [6.45, 7) is 2.02. The van der Waals surface area contributed by atoms with Crippen LogP contribution in [0.5, 0.6) is 0 Å². The molecule has 8 nitrogen and oxygen atoms in total. The van der Waals surface area contributed by atoms with Gasteiger partial charge in [0.2, 0.25) is 0 Å². The lowest BCUT2D eigenvalue weighted by Crippen LogP contribution is -2.25. The van der Waals surface area contributed by atoms with Crippen LogP contribution in [0.25, 0.3) is 27.8 Å². The molecule has 0 fully saturated rings. The van der Waals surface area contributed by atoms with Gasteiger partial charge in [0, 0.05) is 38.9 Å². The monoisotopic (exact) mass is 886 g/mol. The third-order valence-electron chi connectivity index (χ3n) is 10.9. The maximum Gasteiger partial charge on any atom is 0.333 e. The maximum atomic E-state index is 14.6. The highest BCUT2D eigenvalue weighted by atomic mass is 31.2. The van der Waals surface area contributed by atoms with Gasteiger partial charge >= 0.3 is 11.4 Å². The fourth-order valence-electron chi connectivity index (χ4n) is 7.56. The molecule has 12 heteroatoms. The smallest absolute Gasteiger partial charge is 0.309 e. The van der Waals surface area contributed by atoms with Crippen LogP contribution in [0, 0.1) is 18.6 Å². The highest BCUT2D eigenvalue weighted by Gasteiger charge is 2.31. The largest absolute Gasteiger partial charge is 0.333 e. The Hall–Kier alpha value is -7.38. The standard InChI is InChI=1S/C27H23N2O2P.C18H13F2OP.C7H6N2O/c1-20-12-16-23(17-13-20)32(31,22-8-4-3-5-9-22)24-18-14-21(15-19-24)29-26-11-7-6-10-25(26)28(2)27(29)30;19-14-6-10-17(11-7-14)22(21,16-4-2-1-3-5-16)18-12-8-15(20)9-13-18;10-7-8-5-3-1-2-4-6(5)9-7/h3-19H,1-2H3;1-13H;1-4H,(H2,8,9,10). The first-order chi connectivity index (χ1) is 31.0. The molecule has 0 aliphatic rings. The molecule has 10 aromatic rings. The van der Waals surface area contributed by atoms with E-state index in [1.807, 2.05) is 140 Å². The molecule has 0 bridgehead atoms. The predicted molar refractivity (Wildman–Crippen MR) is 257 cm³/mol. The highest BCUT2D eigenvalue weighted by molar-refractivity contribution is 7.85. The Kier molecular flexibility index (Phi) is 12.5. The molecular weight excluding hydrogens is 845 g/mol. The Morgan fingerprint density at radius 3 is 1.20 bits per heavy atom. The van der Waals surface area contributed by atoms with Crippen LogP contribution in [-0.4, -0.2) is 19.1 Å². The fourth-order valence-corrected chi connectivity index (χ4v) is 12.8. The van der Waals surface area contributed by atoms with Crippen molar-refractivity contribution >= 4 is 68.2 Å². The molecule has 1 atom stereocenters. The zero-order chi connectivity index (χ0) is 44.8. The molecule has 318 valence electrons. The summed E-state index contributed by atoms with van der Waals surface area (Å²) in [6.07, 6.45) is 0. The van der Waals surface area contributed by atoms with Crippen molar-refractivity contribution < 1.29 is 17.9 Å². The first-order valence-corrected chi connectivity index (χ1v) is 23.7. The number of imidazole rings is 2. The Morgan fingerprint density at radius 1 is 0.422 bits per heavy atom. The second kappa shape index (κ2) is 18.5. The molecule has 1 unspecified atom stereocenters. The summed E-state index contributed by atoms with van der Waals surface area (Å²) in [5, 5.41) is 4.00. The number of para-hydroxylation sites is 4. The van der Waals surface area contributed by atoms with Crippen LogP contribution in [0.15, 0.2) is 216 Å². The van der Waals surface area contributed by atoms with Crippen LogP contribution in [0.2, 0.25) is 0 Å². The summed E-state index contributed by atoms with van der Waals surface area (Å²) in [5.41, 5.74) is 5.04. The van der Waals surface area contributed by atoms with Gasteiger partial charge in [-0.05, 0) is 104 Å². The van der Waals surface area contributed by atoms with Gasteiger partial charge in [0.25, 0.3) is 0 Å². The topological polar surface area (TPSA) is 110 Å². The average Bonchev–Trinajstić information content (AvgIpc) is 3.84. The lowest BCUT2D eigenvalue weighted by Gasteiger charge is -2.20. The van der Waals surface area contributed by atoms with Gasteiger partial charge in [-0.15, -0.1) is 0 Å². The van der Waals surface area contributed by atoms with Crippen LogP contribution in [-0.2, 0) is 16.2 Å². The molecule has 0 aliphatic heterocycles. The number of hydrogen-bond acceptors (Lipinski definition) is 4. The van der Waals surface area contributed by atoms with Crippen LogP contribution in [0.4, 0.5) is 8.78 Å². The van der Waals surface area contributed by atoms with E-state index < -0.39 is 14.3 Å². The predicted octanol–water partition coefficient (Wildman–Crippen LogP) is 8.74. The number of benzene rings is 8. The fraction of sp³-hybridized carbons (Fsp3) is 0.0385. The van der Waals surface area contributed by atoms with Crippen molar-refractivity contribution in [1.82, 2.24) is 19.1 Å². The van der Waals surface area contributed by atoms with Gasteiger partial charge < -0.3 is 19.1 Å². The number of halogens is 2. The minimum atomic E-state index is -3.15. The number of aromatic amines is 2. The van der Waals surface area contributed by atoms with Gasteiger partial charge in [0.1, 0.15) is 11.6 Å². The summed E-state index contributed by atoms with van der Waals surface area (Å²) in [7, 11) is -4.43. The summed E-state index contributed by atoms with van der Waals surface area (Å²) in [5.74, 6) is -0.773. The summed E-state index contributed by atoms with van der Waals surface area (Å²) >= 11 is 0. The SMILES string of the molecule is Cc1ccc(P(=O)(c2ccccc2)c2ccc(-n3c(=O)n(C)c4ccccc43)cc2)cc1.O=P(c1ccccc1)(c1ccc(F)cc1)c1ccc(F)cc1.O=c1[nH]c2ccccc2[nH]1. The number of aromatic nitrogens is 4. The molecule has 0 saturated heterocycles. The molecule has 8 aromatic carbocycles. The summed E-state index contributed by atoms with van der Waals surface area (Å²) in [4.78, 5) is 28.9. The molecule has 2 N–H and O–H groups in total. The van der Waals surface area contributed by atoms with E-state index in [9.17, 15) is 27.5 Å². The Labute approximate surface area is 367 Å². The first-order valence-electron chi connectivity index (χ1n) is 20.3. The zero-order valence-corrected chi connectivity index (χ0v) is 36.6. The Balaban J connectivity index is 0.000000150. The molecule has 0 saturated carbocycles. The van der Waals surface area contributed by atoms with Crippen molar-refractivity contribution in [2.75, 3.05) is 0 Å². The van der Waals surface area contributed by atoms with E-state index in [-0.39, 0.29) is 23.0 Å². The van der Waals surface area contributed by atoms with Crippen molar-refractivity contribution in [1.29, 1.82) is 0 Å². The third-order valence-corrected chi connectivity index (χ3v) is 17.0. The lowest BCUT2D eigenvalue weighted by molar-refractivity contribution is 0.591. The molecular formula is C52H42F2N4O4P2. The second-order valence-corrected chi connectivity index (χ2v) is 20.5. The third kappa shape index (κ3) is 8.67. The van der Waals surface area contributed by atoms with Crippen molar-refractivity contribution in [3.63, 3.8) is 0 Å². The number of nitrogens with zero attached hydrogens (tertiary/aromatic N) is 2. The van der Waals surface area contributed by atoms with E-state index in [0.717, 1.165) is 49.2 Å². The van der Waals surface area contributed by atoms with Crippen LogP contribution >= 0.6 is 14.3 Å². The Morgan fingerprint density at radius 2 is 0.766 bits per heavy atom. The van der Waals surface area contributed by atoms with E-state index in [0.29, 0.717) is 15.9 Å². The van der Waals surface area contributed by atoms with Crippen LogP contribution in [0.1, 0.15) is 5.56 Å². The van der Waals surface area contributed by atoms with E-state index in [2.05, 4.69) is 9.97 Å². The van der Waals surface area contributed by atoms with Gasteiger partial charge in [0.15, 0.2) is 14.3 Å². The molecule has 2 aromatic heterocycles. The number of H-pyrrole nitrogens is 2. The summed E-state index contributed by atoms with van der Waals surface area (Å²) < 4.78 is 58.1. The molecule has 0 spiro atoms. The molecule has 0 radical (unpaired) electrons. The van der Waals surface area contributed by atoms with Crippen molar-refractivity contribution in [2.24, 2.45) is 7.05 Å². The van der Waals surface area contributed by atoms with Crippen molar-refractivity contribution in [3.05, 3.63) is 244 Å². The summed E-state index contributed by atoms with van der Waals surface area (Å²) in [6, 6.07) is 60.4. The number of aryl methyl sites for hydroxylation is 2. The Bertz CT molecular complexity index is 3320. The van der Waals surface area contributed by atoms with Gasteiger partial charge in [-0.1, -0.05) is 115 Å². The minimum absolute atomic E-state index is 0.108. The normalized spacial score (nSPS) is 12.1. The first kappa shape index (κ1) is 43.3. The van der Waals surface area contributed by atoms with Crippen LogP contribution in [0.3, 0.4) is 0 Å². The van der Waals surface area contributed by atoms with E-state index in [4.69, 9.17) is 0 Å². The average molecular weight is 887 g/mol. The van der Waals surface area contributed by atoms with Gasteiger partial charge in [-0.2, -0.15) is 0 Å². The number of nitrogens with one attached hydrogen (secondary N) is 2. The maximum absolute atomic E-state index is 14.6. The van der Waals surface area contributed by atoms with Crippen molar-refractivity contribution in [2.45, 2.75) is 6.92 Å². The van der Waals surface area contributed by atoms with E-state index in [1.54, 1.807) is 40.4 Å². The second-order valence-electron chi connectivity index (χ2n) is 15.0. The van der Waals surface area contributed by atoms with E-state index in [1.165, 1.54) is 48.5 Å². The number of rotatable bonds is 7. The number of fused-ring (bicyclic) bond motifs is 2.